The molecular formula is C19H32N5O6P. The Morgan fingerprint density at radius 1 is 1.32 bits per heavy atom. The number of rotatable bonds is 11. The fourth-order valence-corrected chi connectivity index (χ4v) is 5.29. The molecule has 1 aliphatic rings. The predicted octanol–water partition coefficient (Wildman–Crippen LogP) is 1.07. The van der Waals surface area contributed by atoms with Crippen molar-refractivity contribution in [3.05, 3.63) is 33.1 Å². The lowest BCUT2D eigenvalue weighted by Crippen LogP contribution is -2.42. The van der Waals surface area contributed by atoms with Gasteiger partial charge in [0.15, 0.2) is 6.23 Å². The third-order valence-corrected chi connectivity index (χ3v) is 6.92. The molecular weight excluding hydrogens is 425 g/mol. The molecule has 11 nitrogen and oxygen atoms in total. The molecule has 0 amide bonds. The number of aromatic nitrogens is 2. The zero-order valence-corrected chi connectivity index (χ0v) is 19.5. The molecule has 5 atom stereocenters. The zero-order chi connectivity index (χ0) is 23.1. The first-order chi connectivity index (χ1) is 14.7. The zero-order valence-electron chi connectivity index (χ0n) is 18.6. The molecule has 1 aliphatic heterocycles. The van der Waals surface area contributed by atoms with Crippen LogP contribution >= 0.6 is 8.53 Å². The third-order valence-electron chi connectivity index (χ3n) is 4.79. The minimum atomic E-state index is -1.57. The van der Waals surface area contributed by atoms with Crippen LogP contribution in [0.3, 0.4) is 0 Å². The molecule has 31 heavy (non-hydrogen) atoms. The average Bonchev–Trinajstić information content (AvgIpc) is 3.04. The van der Waals surface area contributed by atoms with Gasteiger partial charge in [-0.3, -0.25) is 14.3 Å². The number of H-pyrrole nitrogens is 1. The standard InChI is InChI=1S/C19H32N5O6P/c1-12(2)24(13(3)4)31(28-10-6-8-20)30-16-14(11-21)29-18(17(16)27-5)23-9-7-15(25)22-19(23)26/h7,9,12-14,16-18H,6,10-11,21H2,1-5H3,(H,22,25,26). The van der Waals surface area contributed by atoms with E-state index < -0.39 is 44.3 Å². The van der Waals surface area contributed by atoms with E-state index in [4.69, 9.17) is 29.5 Å². The number of ether oxygens (including phenoxy) is 2. The molecule has 0 radical (unpaired) electrons. The van der Waals surface area contributed by atoms with Gasteiger partial charge in [0, 0.05) is 38.0 Å². The lowest BCUT2D eigenvalue weighted by atomic mass is 10.1. The fraction of sp³-hybridized carbons (Fsp3) is 0.737. The molecule has 0 saturated carbocycles. The quantitative estimate of drug-likeness (QED) is 0.368. The Morgan fingerprint density at radius 2 is 2.00 bits per heavy atom. The summed E-state index contributed by atoms with van der Waals surface area (Å²) in [6, 6.07) is 3.54. The third kappa shape index (κ3) is 6.20. The minimum Gasteiger partial charge on any atom is -0.374 e. The first-order valence-corrected chi connectivity index (χ1v) is 11.3. The van der Waals surface area contributed by atoms with Gasteiger partial charge in [0.1, 0.15) is 18.3 Å². The van der Waals surface area contributed by atoms with Gasteiger partial charge in [-0.15, -0.1) is 0 Å². The summed E-state index contributed by atoms with van der Waals surface area (Å²) in [5.41, 5.74) is 4.82. The van der Waals surface area contributed by atoms with Gasteiger partial charge in [-0.2, -0.15) is 5.26 Å². The Balaban J connectivity index is 2.35. The van der Waals surface area contributed by atoms with Crippen molar-refractivity contribution in [1.82, 2.24) is 14.2 Å². The number of nitrogens with zero attached hydrogens (tertiary/aromatic N) is 3. The van der Waals surface area contributed by atoms with Crippen LogP contribution in [0.25, 0.3) is 0 Å². The van der Waals surface area contributed by atoms with Crippen molar-refractivity contribution < 1.29 is 18.5 Å². The number of methoxy groups -OCH3 is 1. The summed E-state index contributed by atoms with van der Waals surface area (Å²) in [6.45, 7) is 8.49. The van der Waals surface area contributed by atoms with Gasteiger partial charge in [-0.1, -0.05) is 0 Å². The SMILES string of the molecule is COC1C(OP(OCCC#N)N(C(C)C)C(C)C)C(CN)OC1n1ccc(=O)[nH]c1=O. The Labute approximate surface area is 183 Å². The second kappa shape index (κ2) is 11.8. The van der Waals surface area contributed by atoms with Crippen LogP contribution < -0.4 is 17.0 Å². The largest absolute Gasteiger partial charge is 0.374 e. The molecule has 0 bridgehead atoms. The normalized spacial score (nSPS) is 24.8. The lowest BCUT2D eigenvalue weighted by molar-refractivity contribution is -0.0522. The Hall–Kier alpha value is -1.64. The smallest absolute Gasteiger partial charge is 0.330 e. The summed E-state index contributed by atoms with van der Waals surface area (Å²) < 4.78 is 27.4. The summed E-state index contributed by atoms with van der Waals surface area (Å²) in [5, 5.41) is 8.90. The molecule has 174 valence electrons. The Kier molecular flexibility index (Phi) is 9.78. The molecule has 1 saturated heterocycles. The van der Waals surface area contributed by atoms with Crippen molar-refractivity contribution in [3.63, 3.8) is 0 Å². The summed E-state index contributed by atoms with van der Waals surface area (Å²) in [7, 11) is -0.0751. The predicted molar refractivity (Wildman–Crippen MR) is 115 cm³/mol. The second-order valence-electron chi connectivity index (χ2n) is 7.64. The summed E-state index contributed by atoms with van der Waals surface area (Å²) >= 11 is 0. The molecule has 1 aromatic rings. The van der Waals surface area contributed by atoms with E-state index in [1.54, 1.807) is 0 Å². The number of nitrogens with one attached hydrogen (secondary N) is 1. The first kappa shape index (κ1) is 25.6. The maximum Gasteiger partial charge on any atom is 0.330 e. The van der Waals surface area contributed by atoms with E-state index in [0.29, 0.717) is 0 Å². The first-order valence-electron chi connectivity index (χ1n) is 10.2. The maximum absolute atomic E-state index is 12.3. The van der Waals surface area contributed by atoms with Crippen LogP contribution in [0.15, 0.2) is 21.9 Å². The van der Waals surface area contributed by atoms with Crippen LogP contribution in [-0.4, -0.2) is 64.9 Å². The average molecular weight is 457 g/mol. The highest BCUT2D eigenvalue weighted by Crippen LogP contribution is 2.50. The molecule has 2 heterocycles. The molecule has 1 fully saturated rings. The Bertz CT molecular complexity index is 845. The van der Waals surface area contributed by atoms with Crippen molar-refractivity contribution in [2.45, 2.75) is 70.7 Å². The van der Waals surface area contributed by atoms with E-state index in [9.17, 15) is 9.59 Å². The maximum atomic E-state index is 12.3. The summed E-state index contributed by atoms with van der Waals surface area (Å²) in [6.07, 6.45) is -1.13. The van der Waals surface area contributed by atoms with E-state index in [2.05, 4.69) is 15.7 Å². The molecule has 0 aliphatic carbocycles. The molecule has 5 unspecified atom stereocenters. The highest BCUT2D eigenvalue weighted by molar-refractivity contribution is 7.44. The molecule has 2 rings (SSSR count). The van der Waals surface area contributed by atoms with Gasteiger partial charge >= 0.3 is 5.69 Å². The van der Waals surface area contributed by atoms with Gasteiger partial charge in [0.25, 0.3) is 14.1 Å². The van der Waals surface area contributed by atoms with E-state index in [1.807, 2.05) is 27.7 Å². The monoisotopic (exact) mass is 457 g/mol. The summed E-state index contributed by atoms with van der Waals surface area (Å²) in [5.74, 6) is 0. The topological polar surface area (TPSA) is 145 Å². The second-order valence-corrected chi connectivity index (χ2v) is 9.04. The number of hydrogen-bond donors (Lipinski definition) is 2. The van der Waals surface area contributed by atoms with Gasteiger partial charge in [0.05, 0.1) is 19.1 Å². The van der Waals surface area contributed by atoms with E-state index in [0.717, 1.165) is 0 Å². The summed E-state index contributed by atoms with van der Waals surface area (Å²) in [4.78, 5) is 26.0. The molecule has 0 spiro atoms. The Morgan fingerprint density at radius 3 is 2.52 bits per heavy atom. The van der Waals surface area contributed by atoms with Crippen LogP contribution in [-0.2, 0) is 18.5 Å². The van der Waals surface area contributed by atoms with E-state index in [1.165, 1.54) is 23.9 Å². The number of nitriles is 1. The number of nitrogens with two attached hydrogens (primary N) is 1. The van der Waals surface area contributed by atoms with Crippen LogP contribution in [0.1, 0.15) is 40.3 Å². The van der Waals surface area contributed by atoms with Crippen LogP contribution in [0.5, 0.6) is 0 Å². The van der Waals surface area contributed by atoms with E-state index in [-0.39, 0.29) is 31.7 Å². The number of aromatic amines is 1. The van der Waals surface area contributed by atoms with Crippen molar-refractivity contribution in [1.29, 1.82) is 5.26 Å². The molecule has 12 heteroatoms. The molecule has 1 aromatic heterocycles. The van der Waals surface area contributed by atoms with Crippen molar-refractivity contribution in [3.8, 4) is 6.07 Å². The van der Waals surface area contributed by atoms with Crippen LogP contribution in [0.4, 0.5) is 0 Å². The van der Waals surface area contributed by atoms with Gasteiger partial charge in [-0.25, -0.2) is 9.46 Å². The van der Waals surface area contributed by atoms with Gasteiger partial charge in [-0.05, 0) is 27.7 Å². The van der Waals surface area contributed by atoms with Crippen molar-refractivity contribution in [2.75, 3.05) is 20.3 Å². The molecule has 3 N–H and O–H groups in total. The highest BCUT2D eigenvalue weighted by Gasteiger charge is 2.49. The van der Waals surface area contributed by atoms with Crippen molar-refractivity contribution in [2.24, 2.45) is 5.73 Å². The van der Waals surface area contributed by atoms with Crippen LogP contribution in [0.2, 0.25) is 0 Å². The van der Waals surface area contributed by atoms with Crippen molar-refractivity contribution >= 4 is 8.53 Å². The minimum absolute atomic E-state index is 0.116. The van der Waals surface area contributed by atoms with Crippen LogP contribution in [0, 0.1) is 11.3 Å². The van der Waals surface area contributed by atoms with E-state index >= 15 is 0 Å². The van der Waals surface area contributed by atoms with Gasteiger partial charge in [0.2, 0.25) is 0 Å². The molecule has 0 aromatic carbocycles. The highest BCUT2D eigenvalue weighted by atomic mass is 31.2. The van der Waals surface area contributed by atoms with Gasteiger partial charge < -0.3 is 24.3 Å². The number of hydrogen-bond acceptors (Lipinski definition) is 9. The fourth-order valence-electron chi connectivity index (χ4n) is 3.53. The lowest BCUT2D eigenvalue weighted by Gasteiger charge is -2.38.